The van der Waals surface area contributed by atoms with Crippen LogP contribution < -0.4 is 0 Å². The number of aliphatic carboxylic acids is 1. The van der Waals surface area contributed by atoms with Crippen LogP contribution in [0, 0.1) is 0 Å². The number of carbonyl (C=O) groups excluding carboxylic acids is 4. The minimum absolute atomic E-state index is 0.0556. The maximum Gasteiger partial charge on any atom is 0.336 e. The van der Waals surface area contributed by atoms with Crippen molar-refractivity contribution in [3.05, 3.63) is 0 Å². The molecule has 10 heteroatoms. The Balaban J connectivity index is 5.65. The Kier molecular flexibility index (Phi) is 7.73. The van der Waals surface area contributed by atoms with Crippen molar-refractivity contribution in [2.75, 3.05) is 0 Å². The van der Waals surface area contributed by atoms with Gasteiger partial charge >= 0.3 is 23.9 Å². The highest BCUT2D eigenvalue weighted by Gasteiger charge is 2.43. The van der Waals surface area contributed by atoms with Crippen LogP contribution in [0.5, 0.6) is 0 Å². The van der Waals surface area contributed by atoms with Gasteiger partial charge in [0.15, 0.2) is 30.7 Å². The lowest BCUT2D eigenvalue weighted by Crippen LogP contribution is -2.53. The van der Waals surface area contributed by atoms with Gasteiger partial charge < -0.3 is 24.4 Å². The van der Waals surface area contributed by atoms with Gasteiger partial charge in [-0.05, 0) is 0 Å². The first-order chi connectivity index (χ1) is 10.1. The third-order valence-corrected chi connectivity index (χ3v) is 2.25. The van der Waals surface area contributed by atoms with Crippen molar-refractivity contribution in [2.24, 2.45) is 0 Å². The summed E-state index contributed by atoms with van der Waals surface area (Å²) in [4.78, 5) is 55.0. The molecule has 2 N–H and O–H groups in total. The number of hydrogen-bond acceptors (Lipinski definition) is 9. The number of rotatable bonds is 8. The highest BCUT2D eigenvalue weighted by atomic mass is 16.6. The fourth-order valence-electron chi connectivity index (χ4n) is 1.52. The van der Waals surface area contributed by atoms with Crippen molar-refractivity contribution in [1.82, 2.24) is 0 Å². The number of aldehydes is 1. The van der Waals surface area contributed by atoms with E-state index in [4.69, 9.17) is 9.84 Å². The van der Waals surface area contributed by atoms with Crippen LogP contribution in [0.1, 0.15) is 20.8 Å². The SMILES string of the molecule is CC(=O)O[C@@H]([C@H](OC(C)=O)[C@H](O)C(=O)O)[C@H](C=O)OC(C)=O. The van der Waals surface area contributed by atoms with Crippen LogP contribution in [0.25, 0.3) is 0 Å². The van der Waals surface area contributed by atoms with E-state index in [1.165, 1.54) is 0 Å². The lowest BCUT2D eigenvalue weighted by molar-refractivity contribution is -0.195. The molecule has 4 atom stereocenters. The van der Waals surface area contributed by atoms with Gasteiger partial charge in [0.1, 0.15) is 0 Å². The van der Waals surface area contributed by atoms with E-state index < -0.39 is 48.3 Å². The lowest BCUT2D eigenvalue weighted by Gasteiger charge is -2.30. The molecule has 0 aromatic rings. The van der Waals surface area contributed by atoms with Gasteiger partial charge in [-0.2, -0.15) is 0 Å². The smallest absolute Gasteiger partial charge is 0.336 e. The topological polar surface area (TPSA) is 154 Å². The van der Waals surface area contributed by atoms with E-state index >= 15 is 0 Å². The average Bonchev–Trinajstić information content (AvgIpc) is 2.38. The minimum Gasteiger partial charge on any atom is -0.479 e. The molecule has 0 heterocycles. The van der Waals surface area contributed by atoms with Gasteiger partial charge in [0.05, 0.1) is 0 Å². The molecular weight excluding hydrogens is 304 g/mol. The molecule has 0 fully saturated rings. The summed E-state index contributed by atoms with van der Waals surface area (Å²) in [6.07, 6.45) is -7.80. The van der Waals surface area contributed by atoms with Crippen LogP contribution in [0.15, 0.2) is 0 Å². The normalized spacial score (nSPS) is 15.6. The van der Waals surface area contributed by atoms with Crippen molar-refractivity contribution in [1.29, 1.82) is 0 Å². The van der Waals surface area contributed by atoms with E-state index in [9.17, 15) is 29.1 Å². The summed E-state index contributed by atoms with van der Waals surface area (Å²) in [5.41, 5.74) is 0. The monoisotopic (exact) mass is 320 g/mol. The predicted octanol–water partition coefficient (Wildman–Crippen LogP) is -1.57. The Morgan fingerprint density at radius 1 is 0.864 bits per heavy atom. The largest absolute Gasteiger partial charge is 0.479 e. The molecule has 0 aliphatic heterocycles. The van der Waals surface area contributed by atoms with Gasteiger partial charge in [0.2, 0.25) is 0 Å². The van der Waals surface area contributed by atoms with Crippen LogP contribution >= 0.6 is 0 Å². The summed E-state index contributed by atoms with van der Waals surface area (Å²) in [7, 11) is 0. The van der Waals surface area contributed by atoms with Crippen molar-refractivity contribution in [2.45, 2.75) is 45.2 Å². The number of esters is 3. The van der Waals surface area contributed by atoms with Gasteiger partial charge in [-0.3, -0.25) is 19.2 Å². The standard InChI is InChI=1S/C12H16O10/c1-5(14)20-8(4-13)10(21-6(2)15)11(22-7(3)16)9(17)12(18)19/h4,8-11,17H,1-3H3,(H,18,19)/t8-,9-,10+,11+/m0/s1. The number of carbonyl (C=O) groups is 5. The Labute approximate surface area is 124 Å². The maximum absolute atomic E-state index is 11.1. The van der Waals surface area contributed by atoms with Crippen LogP contribution in [0.2, 0.25) is 0 Å². The number of aliphatic hydroxyl groups is 1. The lowest BCUT2D eigenvalue weighted by atomic mass is 10.0. The van der Waals surface area contributed by atoms with E-state index in [1.807, 2.05) is 0 Å². The number of ether oxygens (including phenoxy) is 3. The molecule has 22 heavy (non-hydrogen) atoms. The maximum atomic E-state index is 11.1. The molecule has 0 spiro atoms. The van der Waals surface area contributed by atoms with Crippen LogP contribution in [0.3, 0.4) is 0 Å². The molecule has 124 valence electrons. The molecule has 0 aliphatic rings. The predicted molar refractivity (Wildman–Crippen MR) is 66.4 cm³/mol. The molecule has 0 aromatic heterocycles. The average molecular weight is 320 g/mol. The number of carboxylic acids is 1. The van der Waals surface area contributed by atoms with Crippen molar-refractivity contribution in [3.8, 4) is 0 Å². The number of carboxylic acid groups (broad SMARTS) is 1. The van der Waals surface area contributed by atoms with Crippen LogP contribution in [-0.2, 0) is 38.2 Å². The Morgan fingerprint density at radius 2 is 1.27 bits per heavy atom. The quantitative estimate of drug-likeness (QED) is 0.304. The summed E-state index contributed by atoms with van der Waals surface area (Å²) in [6, 6.07) is 0. The van der Waals surface area contributed by atoms with E-state index in [0.717, 1.165) is 20.8 Å². The van der Waals surface area contributed by atoms with Crippen LogP contribution in [0.4, 0.5) is 0 Å². The van der Waals surface area contributed by atoms with Crippen molar-refractivity contribution < 1.29 is 48.4 Å². The van der Waals surface area contributed by atoms with Gasteiger partial charge in [-0.25, -0.2) is 4.79 Å². The highest BCUT2D eigenvalue weighted by molar-refractivity contribution is 5.76. The minimum atomic E-state index is -2.31. The first-order valence-electron chi connectivity index (χ1n) is 5.98. The van der Waals surface area contributed by atoms with Gasteiger partial charge in [-0.1, -0.05) is 0 Å². The zero-order valence-corrected chi connectivity index (χ0v) is 12.0. The molecule has 0 aromatic carbocycles. The fourth-order valence-corrected chi connectivity index (χ4v) is 1.52. The van der Waals surface area contributed by atoms with E-state index in [1.54, 1.807) is 0 Å². The molecule has 0 rings (SSSR count). The zero-order valence-electron chi connectivity index (χ0n) is 12.0. The summed E-state index contributed by atoms with van der Waals surface area (Å²) in [5.74, 6) is -4.70. The summed E-state index contributed by atoms with van der Waals surface area (Å²) >= 11 is 0. The zero-order chi connectivity index (χ0) is 17.4. The van der Waals surface area contributed by atoms with Gasteiger partial charge in [0.25, 0.3) is 0 Å². The van der Waals surface area contributed by atoms with Gasteiger partial charge in [-0.15, -0.1) is 0 Å². The van der Waals surface area contributed by atoms with E-state index in [2.05, 4.69) is 9.47 Å². The van der Waals surface area contributed by atoms with E-state index in [0.29, 0.717) is 0 Å². The Bertz CT molecular complexity index is 457. The molecule has 0 amide bonds. The fraction of sp³-hybridized carbons (Fsp3) is 0.583. The van der Waals surface area contributed by atoms with Crippen molar-refractivity contribution >= 4 is 30.2 Å². The molecule has 0 unspecified atom stereocenters. The Morgan fingerprint density at radius 3 is 1.59 bits per heavy atom. The number of hydrogen-bond donors (Lipinski definition) is 2. The van der Waals surface area contributed by atoms with Crippen LogP contribution in [-0.4, -0.2) is 64.8 Å². The number of aliphatic hydroxyl groups excluding tert-OH is 1. The summed E-state index contributed by atoms with van der Waals surface area (Å²) in [5, 5.41) is 18.4. The van der Waals surface area contributed by atoms with Gasteiger partial charge in [0, 0.05) is 20.8 Å². The third-order valence-electron chi connectivity index (χ3n) is 2.25. The van der Waals surface area contributed by atoms with E-state index in [-0.39, 0.29) is 6.29 Å². The molecule has 0 aliphatic carbocycles. The first kappa shape index (κ1) is 19.5. The summed E-state index contributed by atoms with van der Waals surface area (Å²) < 4.78 is 13.9. The molecule has 0 bridgehead atoms. The highest BCUT2D eigenvalue weighted by Crippen LogP contribution is 2.16. The molecule has 0 radical (unpaired) electrons. The molecule has 0 saturated carbocycles. The molecule has 0 saturated heterocycles. The second-order valence-electron chi connectivity index (χ2n) is 4.14. The second kappa shape index (κ2) is 8.72. The first-order valence-corrected chi connectivity index (χ1v) is 5.98. The third kappa shape index (κ3) is 6.31. The Hall–Kier alpha value is -2.49. The summed E-state index contributed by atoms with van der Waals surface area (Å²) in [6.45, 7) is 2.80. The van der Waals surface area contributed by atoms with Crippen molar-refractivity contribution in [3.63, 3.8) is 0 Å². The second-order valence-corrected chi connectivity index (χ2v) is 4.14. The molecular formula is C12H16O10. The molecule has 10 nitrogen and oxygen atoms in total.